The lowest BCUT2D eigenvalue weighted by atomic mass is 10.0. The van der Waals surface area contributed by atoms with Gasteiger partial charge in [-0.1, -0.05) is 5.21 Å². The van der Waals surface area contributed by atoms with Crippen molar-refractivity contribution in [1.29, 1.82) is 5.26 Å². The number of likely N-dealkylation sites (tertiary alicyclic amines) is 1. The Bertz CT molecular complexity index is 1560. The van der Waals surface area contributed by atoms with Crippen LogP contribution in [0, 0.1) is 18.3 Å². The number of fused-ring (bicyclic) bond motifs is 1. The summed E-state index contributed by atoms with van der Waals surface area (Å²) in [6.45, 7) is 2.88. The first-order chi connectivity index (χ1) is 18.6. The Kier molecular flexibility index (Phi) is 6.58. The van der Waals surface area contributed by atoms with Gasteiger partial charge in [0.05, 0.1) is 17.9 Å². The van der Waals surface area contributed by atoms with Gasteiger partial charge in [0.25, 0.3) is 0 Å². The van der Waals surface area contributed by atoms with Crippen LogP contribution in [0.3, 0.4) is 0 Å². The van der Waals surface area contributed by atoms with E-state index in [0.29, 0.717) is 42.8 Å². The number of carbonyl (C=O) groups is 1. The number of piperidine rings is 1. The number of hydrogen-bond donors (Lipinski definition) is 1. The molecule has 204 valence electrons. The number of aromatic nitrogens is 8. The molecule has 0 aliphatic carbocycles. The number of imidazole rings is 1. The van der Waals surface area contributed by atoms with E-state index in [1.54, 1.807) is 16.8 Å². The van der Waals surface area contributed by atoms with E-state index in [-0.39, 0.29) is 23.4 Å². The first-order valence-corrected chi connectivity index (χ1v) is 12.0. The van der Waals surface area contributed by atoms with Crippen molar-refractivity contribution in [1.82, 2.24) is 44.0 Å². The van der Waals surface area contributed by atoms with Crippen molar-refractivity contribution in [3.05, 3.63) is 41.9 Å². The molecule has 1 atom stereocenters. The van der Waals surface area contributed by atoms with Gasteiger partial charge in [-0.05, 0) is 32.8 Å². The van der Waals surface area contributed by atoms with E-state index >= 15 is 0 Å². The number of pyridine rings is 1. The molecule has 4 aromatic rings. The van der Waals surface area contributed by atoms with Crippen LogP contribution in [0.5, 0.6) is 5.88 Å². The molecule has 5 rings (SSSR count). The van der Waals surface area contributed by atoms with E-state index in [1.165, 1.54) is 22.4 Å². The van der Waals surface area contributed by atoms with Crippen LogP contribution in [0.1, 0.15) is 49.1 Å². The maximum atomic E-state index is 13.0. The Morgan fingerprint density at radius 1 is 1.28 bits per heavy atom. The highest BCUT2D eigenvalue weighted by molar-refractivity contribution is 5.68. The second-order valence-corrected chi connectivity index (χ2v) is 9.19. The summed E-state index contributed by atoms with van der Waals surface area (Å²) in [6.07, 6.45) is -2.87. The van der Waals surface area contributed by atoms with Crippen LogP contribution in [-0.4, -0.2) is 74.5 Å². The average molecular weight is 544 g/mol. The molecule has 0 unspecified atom stereocenters. The second kappa shape index (κ2) is 9.89. The van der Waals surface area contributed by atoms with Crippen molar-refractivity contribution >= 4 is 11.7 Å². The Balaban J connectivity index is 1.48. The first-order valence-electron chi connectivity index (χ1n) is 12.0. The van der Waals surface area contributed by atoms with E-state index in [2.05, 4.69) is 25.5 Å². The molecule has 0 spiro atoms. The third-order valence-corrected chi connectivity index (χ3v) is 6.63. The van der Waals surface area contributed by atoms with E-state index < -0.39 is 24.9 Å². The molecule has 1 aliphatic rings. The smallest absolute Gasteiger partial charge is 0.407 e. The van der Waals surface area contributed by atoms with E-state index in [9.17, 15) is 28.3 Å². The van der Waals surface area contributed by atoms with Gasteiger partial charge in [0, 0.05) is 24.7 Å². The number of nitrogens with zero attached hydrogens (tertiary/aromatic N) is 10. The van der Waals surface area contributed by atoms with E-state index in [1.807, 2.05) is 13.0 Å². The van der Waals surface area contributed by atoms with Crippen LogP contribution in [0.4, 0.5) is 18.0 Å². The van der Waals surface area contributed by atoms with Gasteiger partial charge in [-0.2, -0.15) is 18.4 Å². The number of halogens is 3. The van der Waals surface area contributed by atoms with Gasteiger partial charge >= 0.3 is 12.3 Å². The Morgan fingerprint density at radius 2 is 2.03 bits per heavy atom. The number of carboxylic acid groups (broad SMARTS) is 1. The van der Waals surface area contributed by atoms with Crippen molar-refractivity contribution in [3.63, 3.8) is 0 Å². The first kappa shape index (κ1) is 25.9. The predicted octanol–water partition coefficient (Wildman–Crippen LogP) is 3.38. The van der Waals surface area contributed by atoms with E-state index in [4.69, 9.17) is 4.74 Å². The summed E-state index contributed by atoms with van der Waals surface area (Å²) in [6, 6.07) is 5.32. The van der Waals surface area contributed by atoms with Crippen molar-refractivity contribution in [2.24, 2.45) is 0 Å². The van der Waals surface area contributed by atoms with Crippen LogP contribution in [0.15, 0.2) is 24.7 Å². The molecule has 4 aromatic heterocycles. The lowest BCUT2D eigenvalue weighted by Gasteiger charge is -2.30. The molecule has 1 saturated heterocycles. The van der Waals surface area contributed by atoms with Crippen LogP contribution in [0.2, 0.25) is 0 Å². The number of amides is 1. The largest absolute Gasteiger partial charge is 0.467 e. The molecule has 16 heteroatoms. The van der Waals surface area contributed by atoms with Gasteiger partial charge < -0.3 is 19.3 Å². The van der Waals surface area contributed by atoms with Gasteiger partial charge in [0.2, 0.25) is 5.88 Å². The topological polar surface area (TPSA) is 152 Å². The molecule has 0 aromatic carbocycles. The quantitative estimate of drug-likeness (QED) is 0.385. The normalized spacial score (nSPS) is 15.4. The lowest BCUT2D eigenvalue weighted by Crippen LogP contribution is -2.38. The molecule has 1 amide bonds. The fourth-order valence-electron chi connectivity index (χ4n) is 4.76. The summed E-state index contributed by atoms with van der Waals surface area (Å²) in [5, 5.41) is 34.9. The SMILES string of the molecule is Cc1c(-c2cc(O[C@H](C)c3nncn3CC(F)(F)F)n3c(C#N)cnc3c2)nnn1C1CCN(C(=O)O)CC1. The predicted molar refractivity (Wildman–Crippen MR) is 127 cm³/mol. The maximum absolute atomic E-state index is 13.0. The van der Waals surface area contributed by atoms with Crippen molar-refractivity contribution in [3.8, 4) is 23.2 Å². The highest BCUT2D eigenvalue weighted by Crippen LogP contribution is 2.33. The Morgan fingerprint density at radius 3 is 2.69 bits per heavy atom. The maximum Gasteiger partial charge on any atom is 0.407 e. The highest BCUT2D eigenvalue weighted by atomic mass is 19.4. The Hall–Kier alpha value is -4.68. The minimum Gasteiger partial charge on any atom is -0.467 e. The van der Waals surface area contributed by atoms with Crippen LogP contribution < -0.4 is 4.74 Å². The summed E-state index contributed by atoms with van der Waals surface area (Å²) in [5.74, 6) is 0.105. The van der Waals surface area contributed by atoms with Crippen molar-refractivity contribution in [2.75, 3.05) is 13.1 Å². The average Bonchev–Trinajstić information content (AvgIpc) is 3.61. The zero-order chi connectivity index (χ0) is 27.9. The molecule has 0 bridgehead atoms. The zero-order valence-corrected chi connectivity index (χ0v) is 20.9. The number of alkyl halides is 3. The van der Waals surface area contributed by atoms with Gasteiger partial charge in [0.15, 0.2) is 11.9 Å². The molecule has 39 heavy (non-hydrogen) atoms. The number of rotatable bonds is 6. The summed E-state index contributed by atoms with van der Waals surface area (Å²) in [5.41, 5.74) is 2.37. The molecule has 1 N–H and O–H groups in total. The third-order valence-electron chi connectivity index (χ3n) is 6.63. The summed E-state index contributed by atoms with van der Waals surface area (Å²) < 4.78 is 49.2. The molecule has 1 fully saturated rings. The van der Waals surface area contributed by atoms with E-state index in [0.717, 1.165) is 16.6 Å². The summed E-state index contributed by atoms with van der Waals surface area (Å²) >= 11 is 0. The minimum absolute atomic E-state index is 0.0297. The molecule has 0 radical (unpaired) electrons. The molecule has 13 nitrogen and oxygen atoms in total. The Labute approximate surface area is 219 Å². The number of nitriles is 1. The number of ether oxygens (including phenoxy) is 1. The van der Waals surface area contributed by atoms with Crippen LogP contribution in [0.25, 0.3) is 16.9 Å². The monoisotopic (exact) mass is 544 g/mol. The van der Waals surface area contributed by atoms with Crippen LogP contribution in [-0.2, 0) is 6.54 Å². The standard InChI is InChI=1S/C23H23F3N10O3/c1-13-20(30-32-36(13)16-3-5-33(6-4-16)22(37)38)15-7-18-28-10-17(9-27)35(18)19(8-15)39-14(2)21-31-29-12-34(21)11-23(24,25)26/h7-8,10,12,14,16H,3-6,11H2,1-2H3,(H,37,38)/t14-/m1/s1. The highest BCUT2D eigenvalue weighted by Gasteiger charge is 2.31. The molecule has 0 saturated carbocycles. The fourth-order valence-corrected chi connectivity index (χ4v) is 4.76. The van der Waals surface area contributed by atoms with Gasteiger partial charge in [-0.15, -0.1) is 15.3 Å². The van der Waals surface area contributed by atoms with Crippen molar-refractivity contribution in [2.45, 2.75) is 51.6 Å². The molecular formula is C23H23F3N10O3. The van der Waals surface area contributed by atoms with Gasteiger partial charge in [-0.25, -0.2) is 14.5 Å². The summed E-state index contributed by atoms with van der Waals surface area (Å²) in [4.78, 5) is 16.9. The second-order valence-electron chi connectivity index (χ2n) is 9.19. The zero-order valence-electron chi connectivity index (χ0n) is 20.9. The van der Waals surface area contributed by atoms with Crippen molar-refractivity contribution < 1.29 is 27.8 Å². The third kappa shape index (κ3) is 5.07. The fraction of sp³-hybridized carbons (Fsp3) is 0.435. The molecule has 5 heterocycles. The molecular weight excluding hydrogens is 521 g/mol. The van der Waals surface area contributed by atoms with Crippen LogP contribution >= 0.6 is 0 Å². The van der Waals surface area contributed by atoms with Gasteiger partial charge in [0.1, 0.15) is 36.0 Å². The number of hydrogen-bond acceptors (Lipinski definition) is 8. The van der Waals surface area contributed by atoms with Gasteiger partial charge in [-0.3, -0.25) is 4.40 Å². The molecule has 1 aliphatic heterocycles. The lowest BCUT2D eigenvalue weighted by molar-refractivity contribution is -0.141. The summed E-state index contributed by atoms with van der Waals surface area (Å²) in [7, 11) is 0. The minimum atomic E-state index is -4.48.